The number of imide groups is 1. The number of rotatable bonds is 5. The lowest BCUT2D eigenvalue weighted by Gasteiger charge is -2.59. The van der Waals surface area contributed by atoms with Crippen LogP contribution in [-0.4, -0.2) is 52.8 Å². The Bertz CT molecular complexity index is 877. The van der Waals surface area contributed by atoms with Crippen molar-refractivity contribution in [2.24, 2.45) is 23.7 Å². The Morgan fingerprint density at radius 1 is 1.00 bits per heavy atom. The smallest absolute Gasteiger partial charge is 0.333 e. The lowest BCUT2D eigenvalue weighted by Crippen LogP contribution is -2.70. The molecule has 5 heterocycles. The first-order chi connectivity index (χ1) is 16.1. The fourth-order valence-electron chi connectivity index (χ4n) is 6.20. The highest BCUT2D eigenvalue weighted by Crippen LogP contribution is 2.60. The van der Waals surface area contributed by atoms with Crippen molar-refractivity contribution in [2.75, 3.05) is 0 Å². The second-order valence-electron chi connectivity index (χ2n) is 10.3. The highest BCUT2D eigenvalue weighted by atomic mass is 17.3. The molecule has 2 amide bonds. The molecule has 1 spiro atoms. The van der Waals surface area contributed by atoms with Crippen molar-refractivity contribution in [3.8, 4) is 0 Å². The van der Waals surface area contributed by atoms with Gasteiger partial charge in [0.2, 0.25) is 12.1 Å². The van der Waals surface area contributed by atoms with Crippen LogP contribution in [0.1, 0.15) is 72.1 Å². The zero-order valence-corrected chi connectivity index (χ0v) is 19.7. The molecule has 0 aromatic carbocycles. The van der Waals surface area contributed by atoms with E-state index in [4.69, 9.17) is 28.8 Å². The van der Waals surface area contributed by atoms with E-state index < -0.39 is 47.7 Å². The number of hydroxylamine groups is 2. The molecule has 6 rings (SSSR count). The van der Waals surface area contributed by atoms with E-state index in [0.717, 1.165) is 19.3 Å². The molecule has 6 fully saturated rings. The Labute approximate surface area is 197 Å². The molecule has 5 saturated heterocycles. The SMILES string of the molecule is C[C@H]1[C@H](OC(=O)CCC(=O)ON2C(=O)CCC2=O)O[C@@H]2O[C@]3(C)CC[C@H]4[C@H](C)CC[C@@H]1C24OO3. The summed E-state index contributed by atoms with van der Waals surface area (Å²) in [5, 5.41) is 0.459. The van der Waals surface area contributed by atoms with Crippen LogP contribution < -0.4 is 0 Å². The second-order valence-corrected chi connectivity index (χ2v) is 10.3. The third kappa shape index (κ3) is 3.82. The minimum Gasteiger partial charge on any atom is -0.435 e. The molecule has 0 radical (unpaired) electrons. The quantitative estimate of drug-likeness (QED) is 0.327. The summed E-state index contributed by atoms with van der Waals surface area (Å²) in [5.41, 5.74) is -0.755. The van der Waals surface area contributed by atoms with Gasteiger partial charge in [-0.15, -0.1) is 5.06 Å². The predicted octanol–water partition coefficient (Wildman–Crippen LogP) is 2.12. The van der Waals surface area contributed by atoms with Gasteiger partial charge in [0.15, 0.2) is 11.9 Å². The highest BCUT2D eigenvalue weighted by Gasteiger charge is 2.69. The Hall–Kier alpha value is -2.08. The van der Waals surface area contributed by atoms with Crippen molar-refractivity contribution in [2.45, 2.75) is 96.1 Å². The molecule has 11 nitrogen and oxygen atoms in total. The highest BCUT2D eigenvalue weighted by molar-refractivity contribution is 6.01. The molecule has 5 aliphatic heterocycles. The Morgan fingerprint density at radius 2 is 1.71 bits per heavy atom. The van der Waals surface area contributed by atoms with Crippen molar-refractivity contribution in [1.29, 1.82) is 0 Å². The van der Waals surface area contributed by atoms with E-state index in [1.807, 2.05) is 13.8 Å². The molecule has 1 unspecified atom stereocenters. The maximum Gasteiger partial charge on any atom is 0.333 e. The third-order valence-corrected chi connectivity index (χ3v) is 8.08. The maximum absolute atomic E-state index is 12.5. The van der Waals surface area contributed by atoms with E-state index in [1.165, 1.54) is 0 Å². The molecule has 34 heavy (non-hydrogen) atoms. The van der Waals surface area contributed by atoms with Crippen LogP contribution in [0.4, 0.5) is 0 Å². The summed E-state index contributed by atoms with van der Waals surface area (Å²) in [4.78, 5) is 64.3. The summed E-state index contributed by atoms with van der Waals surface area (Å²) in [6, 6.07) is 0. The molecule has 0 aromatic rings. The van der Waals surface area contributed by atoms with Gasteiger partial charge in [0, 0.05) is 31.1 Å². The summed E-state index contributed by atoms with van der Waals surface area (Å²) in [7, 11) is 0. The summed E-state index contributed by atoms with van der Waals surface area (Å²) < 4.78 is 18.0. The number of ether oxygens (including phenoxy) is 3. The number of carbonyl (C=O) groups excluding carboxylic acids is 4. The molecule has 1 aliphatic carbocycles. The monoisotopic (exact) mass is 481 g/mol. The van der Waals surface area contributed by atoms with Crippen LogP contribution in [0.15, 0.2) is 0 Å². The first-order valence-electron chi connectivity index (χ1n) is 12.1. The number of fused-ring (bicyclic) bond motifs is 2. The van der Waals surface area contributed by atoms with Gasteiger partial charge in [0.05, 0.1) is 12.8 Å². The molecule has 0 aromatic heterocycles. The fourth-order valence-corrected chi connectivity index (χ4v) is 6.20. The number of hydrogen-bond donors (Lipinski definition) is 0. The van der Waals surface area contributed by atoms with Crippen molar-refractivity contribution >= 4 is 23.8 Å². The molecule has 11 heteroatoms. The summed E-state index contributed by atoms with van der Waals surface area (Å²) >= 11 is 0. The summed E-state index contributed by atoms with van der Waals surface area (Å²) in [6.45, 7) is 6.00. The maximum atomic E-state index is 12.5. The normalized spacial score (nSPS) is 43.3. The first kappa shape index (κ1) is 23.7. The van der Waals surface area contributed by atoms with Crippen LogP contribution in [-0.2, 0) is 48.0 Å². The van der Waals surface area contributed by atoms with Gasteiger partial charge in [-0.25, -0.2) is 14.6 Å². The molecule has 2 bridgehead atoms. The zero-order chi connectivity index (χ0) is 24.3. The van der Waals surface area contributed by atoms with Crippen LogP contribution in [0.3, 0.4) is 0 Å². The molecule has 188 valence electrons. The molecule has 1 saturated carbocycles. The van der Waals surface area contributed by atoms with Crippen molar-refractivity contribution in [3.05, 3.63) is 0 Å². The van der Waals surface area contributed by atoms with E-state index in [-0.39, 0.29) is 43.4 Å². The van der Waals surface area contributed by atoms with E-state index in [9.17, 15) is 19.2 Å². The van der Waals surface area contributed by atoms with Gasteiger partial charge in [0.1, 0.15) is 0 Å². The first-order valence-corrected chi connectivity index (χ1v) is 12.1. The lowest BCUT2D eigenvalue weighted by atomic mass is 9.58. The Morgan fingerprint density at radius 3 is 2.44 bits per heavy atom. The van der Waals surface area contributed by atoms with Crippen LogP contribution in [0.25, 0.3) is 0 Å². The van der Waals surface area contributed by atoms with E-state index in [1.54, 1.807) is 0 Å². The standard InChI is InChI=1S/C23H31NO10/c1-12-4-5-15-13(2)20(30-21-23(15)14(12)10-11-22(3,31-21)33-34-23)29-18(27)8-9-19(28)32-24-16(25)6-7-17(24)26/h12-15,20-21H,4-11H2,1-3H3/t12-,13-,14+,15+,20-,21-,22+,23?/m1/s1. The number of nitrogens with zero attached hydrogens (tertiary/aromatic N) is 1. The predicted molar refractivity (Wildman–Crippen MR) is 109 cm³/mol. The van der Waals surface area contributed by atoms with Gasteiger partial charge in [-0.05, 0) is 38.0 Å². The molecular weight excluding hydrogens is 450 g/mol. The summed E-state index contributed by atoms with van der Waals surface area (Å²) in [5.74, 6) is -3.14. The number of esters is 1. The van der Waals surface area contributed by atoms with E-state index in [2.05, 4.69) is 6.92 Å². The number of hydrogen-bond acceptors (Lipinski definition) is 10. The molecular formula is C23H31NO10. The van der Waals surface area contributed by atoms with Crippen LogP contribution in [0.2, 0.25) is 0 Å². The van der Waals surface area contributed by atoms with Crippen LogP contribution in [0.5, 0.6) is 0 Å². The Kier molecular flexibility index (Phi) is 5.94. The summed E-state index contributed by atoms with van der Waals surface area (Å²) in [6.07, 6.45) is 1.25. The van der Waals surface area contributed by atoms with Gasteiger partial charge in [-0.3, -0.25) is 14.4 Å². The Balaban J connectivity index is 1.23. The van der Waals surface area contributed by atoms with Gasteiger partial charge >= 0.3 is 11.9 Å². The van der Waals surface area contributed by atoms with Gasteiger partial charge in [-0.1, -0.05) is 13.8 Å². The largest absolute Gasteiger partial charge is 0.435 e. The van der Waals surface area contributed by atoms with Gasteiger partial charge < -0.3 is 19.0 Å². The van der Waals surface area contributed by atoms with E-state index in [0.29, 0.717) is 17.4 Å². The van der Waals surface area contributed by atoms with Gasteiger partial charge in [-0.2, -0.15) is 0 Å². The van der Waals surface area contributed by atoms with Crippen molar-refractivity contribution in [1.82, 2.24) is 5.06 Å². The second kappa shape index (κ2) is 8.54. The van der Waals surface area contributed by atoms with Gasteiger partial charge in [0.25, 0.3) is 11.8 Å². The minimum atomic E-state index is -0.930. The van der Waals surface area contributed by atoms with E-state index >= 15 is 0 Å². The number of carbonyl (C=O) groups is 4. The molecule has 6 aliphatic rings. The molecule has 0 N–H and O–H groups in total. The number of amides is 2. The average molecular weight is 481 g/mol. The topological polar surface area (TPSA) is 127 Å². The average Bonchev–Trinajstić information content (AvgIpc) is 2.95. The minimum absolute atomic E-state index is 0.00436. The van der Waals surface area contributed by atoms with Crippen molar-refractivity contribution < 1.29 is 48.0 Å². The van der Waals surface area contributed by atoms with Crippen LogP contribution >= 0.6 is 0 Å². The fraction of sp³-hybridized carbons (Fsp3) is 0.826. The lowest BCUT2D eigenvalue weighted by molar-refractivity contribution is -0.576. The zero-order valence-electron chi connectivity index (χ0n) is 19.7. The molecule has 8 atom stereocenters. The third-order valence-electron chi connectivity index (χ3n) is 8.08. The van der Waals surface area contributed by atoms with Crippen molar-refractivity contribution in [3.63, 3.8) is 0 Å². The van der Waals surface area contributed by atoms with Crippen LogP contribution in [0, 0.1) is 23.7 Å².